The van der Waals surface area contributed by atoms with Gasteiger partial charge in [0.15, 0.2) is 20.6 Å². The molecule has 114 valence electrons. The lowest BCUT2D eigenvalue weighted by atomic mass is 10.1. The third-order valence-electron chi connectivity index (χ3n) is 3.40. The average molecular weight is 301 g/mol. The highest BCUT2D eigenvalue weighted by molar-refractivity contribution is 7.91. The van der Waals surface area contributed by atoms with E-state index in [0.29, 0.717) is 5.82 Å². The quantitative estimate of drug-likeness (QED) is 0.753. The number of anilines is 2. The van der Waals surface area contributed by atoms with Gasteiger partial charge in [-0.1, -0.05) is 0 Å². The molecule has 1 saturated heterocycles. The van der Waals surface area contributed by atoms with Crippen LogP contribution in [-0.2, 0) is 9.84 Å². The number of hydrogen-bond acceptors (Lipinski definition) is 6. The molecule has 1 aromatic heterocycles. The molecule has 0 radical (unpaired) electrons. The first-order valence-corrected chi connectivity index (χ1v) is 8.75. The second-order valence-corrected chi connectivity index (χ2v) is 7.51. The van der Waals surface area contributed by atoms with Gasteiger partial charge in [-0.25, -0.2) is 13.1 Å². The molecule has 2 heterocycles. The molecule has 0 aromatic carbocycles. The van der Waals surface area contributed by atoms with Crippen LogP contribution in [0, 0.1) is 0 Å². The van der Waals surface area contributed by atoms with Crippen molar-refractivity contribution in [3.63, 3.8) is 0 Å². The highest BCUT2D eigenvalue weighted by Crippen LogP contribution is 2.30. The number of piperidine rings is 1. The number of nitrogens with one attached hydrogen (secondary N) is 2. The van der Waals surface area contributed by atoms with Crippen molar-refractivity contribution in [2.24, 2.45) is 0 Å². The highest BCUT2D eigenvalue weighted by Gasteiger charge is 2.27. The maximum absolute atomic E-state index is 12.0. The van der Waals surface area contributed by atoms with Crippen LogP contribution >= 0.6 is 0 Å². The molecule has 7 nitrogen and oxygen atoms in total. The summed E-state index contributed by atoms with van der Waals surface area (Å²) in [6.07, 6.45) is 3.21. The summed E-state index contributed by atoms with van der Waals surface area (Å²) >= 11 is 0. The van der Waals surface area contributed by atoms with Gasteiger partial charge in [-0.05, 0) is 33.2 Å². The predicted molar refractivity (Wildman–Crippen MR) is 79.6 cm³/mol. The minimum absolute atomic E-state index is 0.00975. The smallest absolute Gasteiger partial charge is 0.182 e. The molecule has 0 bridgehead atoms. The van der Waals surface area contributed by atoms with Gasteiger partial charge in [-0.3, -0.25) is 0 Å². The molecular weight excluding hydrogens is 278 g/mol. The Bertz CT molecular complexity index is 573. The third kappa shape index (κ3) is 3.06. The van der Waals surface area contributed by atoms with Crippen molar-refractivity contribution < 1.29 is 8.42 Å². The Labute approximate surface area is 119 Å². The molecule has 1 aromatic rings. The van der Waals surface area contributed by atoms with E-state index in [-0.39, 0.29) is 22.8 Å². The summed E-state index contributed by atoms with van der Waals surface area (Å²) in [4.78, 5) is 0.108. The van der Waals surface area contributed by atoms with Crippen molar-refractivity contribution in [1.29, 1.82) is 0 Å². The van der Waals surface area contributed by atoms with E-state index in [0.717, 1.165) is 32.2 Å². The van der Waals surface area contributed by atoms with E-state index in [1.165, 1.54) is 0 Å². The van der Waals surface area contributed by atoms with Gasteiger partial charge in [-0.15, -0.1) is 0 Å². The number of nitrogens with zero attached hydrogens (tertiary/aromatic N) is 2. The van der Waals surface area contributed by atoms with Crippen molar-refractivity contribution in [2.75, 3.05) is 30.4 Å². The first kappa shape index (κ1) is 15.1. The Balaban J connectivity index is 2.37. The van der Waals surface area contributed by atoms with E-state index in [9.17, 15) is 8.42 Å². The molecule has 1 aliphatic rings. The molecule has 20 heavy (non-hydrogen) atoms. The minimum Gasteiger partial charge on any atom is -0.383 e. The van der Waals surface area contributed by atoms with Gasteiger partial charge in [0.25, 0.3) is 0 Å². The van der Waals surface area contributed by atoms with Crippen LogP contribution in [0.25, 0.3) is 0 Å². The molecule has 1 atom stereocenters. The van der Waals surface area contributed by atoms with E-state index in [1.54, 1.807) is 4.68 Å². The fourth-order valence-electron chi connectivity index (χ4n) is 2.45. The Hall–Kier alpha value is -1.28. The molecule has 0 spiro atoms. The molecule has 0 saturated carbocycles. The Morgan fingerprint density at radius 2 is 2.20 bits per heavy atom. The summed E-state index contributed by atoms with van der Waals surface area (Å²) < 4.78 is 25.5. The molecule has 2 rings (SSSR count). The Morgan fingerprint density at radius 3 is 2.70 bits per heavy atom. The van der Waals surface area contributed by atoms with Crippen LogP contribution in [0.1, 0.15) is 32.7 Å². The molecule has 8 heteroatoms. The maximum atomic E-state index is 12.0. The Morgan fingerprint density at radius 1 is 1.50 bits per heavy atom. The van der Waals surface area contributed by atoms with Crippen LogP contribution in [0.2, 0.25) is 0 Å². The van der Waals surface area contributed by atoms with E-state index < -0.39 is 9.84 Å². The summed E-state index contributed by atoms with van der Waals surface area (Å²) in [6.45, 7) is 5.64. The lowest BCUT2D eigenvalue weighted by molar-refractivity contribution is 0.476. The largest absolute Gasteiger partial charge is 0.383 e. The van der Waals surface area contributed by atoms with Crippen LogP contribution in [0.4, 0.5) is 11.6 Å². The number of nitrogen functional groups attached to an aromatic ring is 1. The summed E-state index contributed by atoms with van der Waals surface area (Å²) in [5.41, 5.74) is 5.96. The molecule has 0 amide bonds. The van der Waals surface area contributed by atoms with Crippen LogP contribution in [0.3, 0.4) is 0 Å². The Kier molecular flexibility index (Phi) is 4.24. The van der Waals surface area contributed by atoms with Gasteiger partial charge in [0, 0.05) is 24.9 Å². The van der Waals surface area contributed by atoms with Gasteiger partial charge < -0.3 is 16.4 Å². The second-order valence-electron chi connectivity index (χ2n) is 5.56. The zero-order valence-corrected chi connectivity index (χ0v) is 13.0. The number of hydrogen-bond donors (Lipinski definition) is 3. The molecule has 0 aliphatic carbocycles. The molecular formula is C12H23N5O2S. The van der Waals surface area contributed by atoms with Crippen LogP contribution in [-0.4, -0.2) is 43.6 Å². The monoisotopic (exact) mass is 301 g/mol. The van der Waals surface area contributed by atoms with Crippen molar-refractivity contribution in [3.8, 4) is 0 Å². The standard InChI is InChI=1S/C12H23N5O2S/c1-8(2)17-11(13)10(20(3,18)19)12(16-17)15-9-5-4-6-14-7-9/h8-9,14H,4-7,13H2,1-3H3,(H,15,16). The SMILES string of the molecule is CC(C)n1nc(NC2CCCNC2)c(S(C)(=O)=O)c1N. The lowest BCUT2D eigenvalue weighted by Gasteiger charge is -2.24. The maximum Gasteiger partial charge on any atom is 0.182 e. The van der Waals surface area contributed by atoms with Gasteiger partial charge in [0.1, 0.15) is 5.82 Å². The van der Waals surface area contributed by atoms with Crippen molar-refractivity contribution in [1.82, 2.24) is 15.1 Å². The van der Waals surface area contributed by atoms with E-state index in [4.69, 9.17) is 5.73 Å². The predicted octanol–water partition coefficient (Wildman–Crippen LogP) is 0.614. The molecule has 1 fully saturated rings. The van der Waals surface area contributed by atoms with Crippen LogP contribution < -0.4 is 16.4 Å². The molecule has 1 unspecified atom stereocenters. The first-order valence-electron chi connectivity index (χ1n) is 6.86. The number of sulfone groups is 1. The van der Waals surface area contributed by atoms with Gasteiger partial charge >= 0.3 is 0 Å². The van der Waals surface area contributed by atoms with Crippen LogP contribution in [0.15, 0.2) is 4.90 Å². The van der Waals surface area contributed by atoms with Gasteiger partial charge in [0.05, 0.1) is 0 Å². The van der Waals surface area contributed by atoms with E-state index in [1.807, 2.05) is 13.8 Å². The van der Waals surface area contributed by atoms with Gasteiger partial charge in [0.2, 0.25) is 0 Å². The zero-order valence-electron chi connectivity index (χ0n) is 12.2. The summed E-state index contributed by atoms with van der Waals surface area (Å²) in [5, 5.41) is 10.8. The van der Waals surface area contributed by atoms with Gasteiger partial charge in [-0.2, -0.15) is 5.10 Å². The van der Waals surface area contributed by atoms with Crippen molar-refractivity contribution in [3.05, 3.63) is 0 Å². The van der Waals surface area contributed by atoms with E-state index >= 15 is 0 Å². The zero-order chi connectivity index (χ0) is 14.9. The fourth-order valence-corrected chi connectivity index (χ4v) is 3.38. The topological polar surface area (TPSA) is 102 Å². The number of rotatable bonds is 4. The van der Waals surface area contributed by atoms with E-state index in [2.05, 4.69) is 15.7 Å². The third-order valence-corrected chi connectivity index (χ3v) is 4.54. The van der Waals surface area contributed by atoms with Crippen molar-refractivity contribution >= 4 is 21.5 Å². The fraction of sp³-hybridized carbons (Fsp3) is 0.750. The molecule has 4 N–H and O–H groups in total. The summed E-state index contributed by atoms with van der Waals surface area (Å²) in [5.74, 6) is 0.571. The van der Waals surface area contributed by atoms with Crippen molar-refractivity contribution in [2.45, 2.75) is 43.7 Å². The normalized spacial score (nSPS) is 20.3. The number of aromatic nitrogens is 2. The average Bonchev–Trinajstić information content (AvgIpc) is 2.67. The number of nitrogens with two attached hydrogens (primary N) is 1. The molecule has 1 aliphatic heterocycles. The second kappa shape index (κ2) is 5.61. The summed E-state index contributed by atoms with van der Waals surface area (Å²) in [7, 11) is -3.42. The highest BCUT2D eigenvalue weighted by atomic mass is 32.2. The first-order chi connectivity index (χ1) is 9.30. The lowest BCUT2D eigenvalue weighted by Crippen LogP contribution is -2.38. The minimum atomic E-state index is -3.42. The summed E-state index contributed by atoms with van der Waals surface area (Å²) in [6, 6.07) is 0.190. The van der Waals surface area contributed by atoms with Crippen LogP contribution in [0.5, 0.6) is 0 Å².